The van der Waals surface area contributed by atoms with Gasteiger partial charge in [0, 0.05) is 24.7 Å². The van der Waals surface area contributed by atoms with Crippen molar-refractivity contribution >= 4 is 0 Å². The summed E-state index contributed by atoms with van der Waals surface area (Å²) in [5.41, 5.74) is 3.20. The maximum absolute atomic E-state index is 10.1. The maximum atomic E-state index is 10.1. The van der Waals surface area contributed by atoms with Crippen molar-refractivity contribution in [1.29, 1.82) is 0 Å². The number of aryl methyl sites for hydroxylation is 2. The van der Waals surface area contributed by atoms with E-state index in [4.69, 9.17) is 9.26 Å². The summed E-state index contributed by atoms with van der Waals surface area (Å²) in [6.45, 7) is 5.29. The number of ether oxygens (including phenoxy) is 1. The molecule has 2 aromatic rings. The van der Waals surface area contributed by atoms with Gasteiger partial charge in [-0.2, -0.15) is 0 Å². The lowest BCUT2D eigenvalue weighted by atomic mass is 10.0. The van der Waals surface area contributed by atoms with Crippen molar-refractivity contribution in [1.82, 2.24) is 10.1 Å². The van der Waals surface area contributed by atoms with Crippen LogP contribution >= 0.6 is 0 Å². The highest BCUT2D eigenvalue weighted by Crippen LogP contribution is 2.35. The molecule has 2 atom stereocenters. The average molecular weight is 302 g/mol. The molecule has 118 valence electrons. The van der Waals surface area contributed by atoms with Gasteiger partial charge in [-0.1, -0.05) is 17.3 Å². The lowest BCUT2D eigenvalue weighted by molar-refractivity contribution is 0.172. The third-order valence-corrected chi connectivity index (χ3v) is 4.40. The zero-order chi connectivity index (χ0) is 15.7. The SMILES string of the molecule is COc1cccc([C@H]2C[C@@H](O)CN2Cc2c(C)noc2C)c1. The van der Waals surface area contributed by atoms with Crippen LogP contribution in [0, 0.1) is 13.8 Å². The quantitative estimate of drug-likeness (QED) is 0.941. The van der Waals surface area contributed by atoms with Gasteiger partial charge in [0.05, 0.1) is 18.9 Å². The largest absolute Gasteiger partial charge is 0.497 e. The van der Waals surface area contributed by atoms with Crippen molar-refractivity contribution < 1.29 is 14.4 Å². The van der Waals surface area contributed by atoms with E-state index in [1.807, 2.05) is 32.0 Å². The molecule has 1 aliphatic rings. The van der Waals surface area contributed by atoms with Crippen LogP contribution < -0.4 is 4.74 Å². The lowest BCUT2D eigenvalue weighted by Crippen LogP contribution is -2.24. The number of likely N-dealkylation sites (tertiary alicyclic amines) is 1. The van der Waals surface area contributed by atoms with E-state index in [9.17, 15) is 5.11 Å². The van der Waals surface area contributed by atoms with Crippen molar-refractivity contribution in [2.45, 2.75) is 39.0 Å². The van der Waals surface area contributed by atoms with Crippen molar-refractivity contribution in [3.8, 4) is 5.75 Å². The van der Waals surface area contributed by atoms with Gasteiger partial charge in [0.1, 0.15) is 11.5 Å². The standard InChI is InChI=1S/C17H22N2O3/c1-11-16(12(2)22-18-11)10-19-9-14(20)8-17(19)13-5-4-6-15(7-13)21-3/h4-7,14,17,20H,8-10H2,1-3H3/t14-,17-/m1/s1. The first-order valence-corrected chi connectivity index (χ1v) is 7.56. The smallest absolute Gasteiger partial charge is 0.138 e. The highest BCUT2D eigenvalue weighted by Gasteiger charge is 2.33. The summed E-state index contributed by atoms with van der Waals surface area (Å²) in [5.74, 6) is 1.69. The lowest BCUT2D eigenvalue weighted by Gasteiger charge is -2.24. The molecule has 0 radical (unpaired) electrons. The molecule has 1 saturated heterocycles. The van der Waals surface area contributed by atoms with Gasteiger partial charge in [-0.15, -0.1) is 0 Å². The molecule has 22 heavy (non-hydrogen) atoms. The summed E-state index contributed by atoms with van der Waals surface area (Å²) in [5, 5.41) is 14.1. The van der Waals surface area contributed by atoms with Crippen molar-refractivity contribution in [3.05, 3.63) is 46.8 Å². The summed E-state index contributed by atoms with van der Waals surface area (Å²) >= 11 is 0. The molecule has 0 spiro atoms. The Labute approximate surface area is 130 Å². The maximum Gasteiger partial charge on any atom is 0.138 e. The third kappa shape index (κ3) is 2.87. The van der Waals surface area contributed by atoms with Crippen LogP contribution in [0.3, 0.4) is 0 Å². The second-order valence-corrected chi connectivity index (χ2v) is 5.91. The van der Waals surface area contributed by atoms with E-state index in [1.54, 1.807) is 7.11 Å². The number of benzene rings is 1. The molecule has 1 aromatic heterocycles. The van der Waals surface area contributed by atoms with Gasteiger partial charge in [-0.25, -0.2) is 0 Å². The summed E-state index contributed by atoms with van der Waals surface area (Å²) < 4.78 is 10.6. The van der Waals surface area contributed by atoms with E-state index in [2.05, 4.69) is 16.1 Å². The second-order valence-electron chi connectivity index (χ2n) is 5.91. The number of hydrogen-bond donors (Lipinski definition) is 1. The van der Waals surface area contributed by atoms with Crippen molar-refractivity contribution in [2.24, 2.45) is 0 Å². The average Bonchev–Trinajstić information content (AvgIpc) is 3.04. The number of nitrogens with zero attached hydrogens (tertiary/aromatic N) is 2. The topological polar surface area (TPSA) is 58.7 Å². The number of methoxy groups -OCH3 is 1. The van der Waals surface area contributed by atoms with Crippen LogP contribution in [0.15, 0.2) is 28.8 Å². The molecular weight excluding hydrogens is 280 g/mol. The molecule has 1 fully saturated rings. The van der Waals surface area contributed by atoms with Gasteiger partial charge >= 0.3 is 0 Å². The molecule has 3 rings (SSSR count). The van der Waals surface area contributed by atoms with E-state index in [-0.39, 0.29) is 12.1 Å². The Kier molecular flexibility index (Phi) is 4.18. The van der Waals surface area contributed by atoms with Crippen molar-refractivity contribution in [3.63, 3.8) is 0 Å². The molecular formula is C17H22N2O3. The Morgan fingerprint density at radius 2 is 2.23 bits per heavy atom. The minimum atomic E-state index is -0.309. The molecule has 1 aromatic carbocycles. The van der Waals surface area contributed by atoms with Gasteiger partial charge in [-0.05, 0) is 38.0 Å². The molecule has 2 heterocycles. The monoisotopic (exact) mass is 302 g/mol. The van der Waals surface area contributed by atoms with Crippen LogP contribution in [0.4, 0.5) is 0 Å². The molecule has 0 amide bonds. The summed E-state index contributed by atoms with van der Waals surface area (Å²) in [4.78, 5) is 2.28. The van der Waals surface area contributed by atoms with E-state index in [0.29, 0.717) is 6.54 Å². The van der Waals surface area contributed by atoms with E-state index < -0.39 is 0 Å². The summed E-state index contributed by atoms with van der Waals surface area (Å²) in [7, 11) is 1.67. The molecule has 5 heteroatoms. The van der Waals surface area contributed by atoms with Crippen LogP contribution in [-0.2, 0) is 6.54 Å². The minimum Gasteiger partial charge on any atom is -0.497 e. The van der Waals surface area contributed by atoms with Gasteiger partial charge in [0.15, 0.2) is 0 Å². The molecule has 0 aliphatic carbocycles. The van der Waals surface area contributed by atoms with E-state index >= 15 is 0 Å². The second kappa shape index (κ2) is 6.10. The van der Waals surface area contributed by atoms with Gasteiger partial charge in [0.25, 0.3) is 0 Å². The Morgan fingerprint density at radius 1 is 1.41 bits per heavy atom. The van der Waals surface area contributed by atoms with Crippen molar-refractivity contribution in [2.75, 3.05) is 13.7 Å². The Bertz CT molecular complexity index is 634. The van der Waals surface area contributed by atoms with E-state index in [1.165, 1.54) is 5.56 Å². The van der Waals surface area contributed by atoms with Gasteiger partial charge < -0.3 is 14.4 Å². The fourth-order valence-corrected chi connectivity index (χ4v) is 3.18. The number of aliphatic hydroxyl groups is 1. The number of aromatic nitrogens is 1. The third-order valence-electron chi connectivity index (χ3n) is 4.40. The Hall–Kier alpha value is -1.85. The molecule has 5 nitrogen and oxygen atoms in total. The first-order chi connectivity index (χ1) is 10.6. The Balaban J connectivity index is 1.86. The van der Waals surface area contributed by atoms with Gasteiger partial charge in [-0.3, -0.25) is 4.90 Å². The normalized spacial score (nSPS) is 22.2. The number of hydrogen-bond acceptors (Lipinski definition) is 5. The number of rotatable bonds is 4. The highest BCUT2D eigenvalue weighted by molar-refractivity contribution is 5.32. The zero-order valence-electron chi connectivity index (χ0n) is 13.2. The molecule has 0 saturated carbocycles. The van der Waals surface area contributed by atoms with Crippen LogP contribution in [0.1, 0.15) is 35.0 Å². The number of β-amino-alcohol motifs (C(OH)–C–C–N with tert-alkyl or cyclic N) is 1. The van der Waals surface area contributed by atoms with Gasteiger partial charge in [0.2, 0.25) is 0 Å². The summed E-state index contributed by atoms with van der Waals surface area (Å²) in [6.07, 6.45) is 0.424. The first-order valence-electron chi connectivity index (χ1n) is 7.56. The molecule has 1 N–H and O–H groups in total. The predicted octanol–water partition coefficient (Wildman–Crippen LogP) is 2.61. The van der Waals surface area contributed by atoms with E-state index in [0.717, 1.165) is 35.7 Å². The minimum absolute atomic E-state index is 0.179. The highest BCUT2D eigenvalue weighted by atomic mass is 16.5. The van der Waals surface area contributed by atoms with Crippen LogP contribution in [0.25, 0.3) is 0 Å². The first kappa shape index (κ1) is 15.1. The predicted molar refractivity (Wildman–Crippen MR) is 82.7 cm³/mol. The zero-order valence-corrected chi connectivity index (χ0v) is 13.2. The number of aliphatic hydroxyl groups excluding tert-OH is 1. The fraction of sp³-hybridized carbons (Fsp3) is 0.471. The van der Waals surface area contributed by atoms with Crippen LogP contribution in [0.5, 0.6) is 5.75 Å². The summed E-state index contributed by atoms with van der Waals surface area (Å²) in [6, 6.07) is 8.24. The Morgan fingerprint density at radius 3 is 2.91 bits per heavy atom. The molecule has 1 aliphatic heterocycles. The fourth-order valence-electron chi connectivity index (χ4n) is 3.18. The molecule has 0 bridgehead atoms. The van der Waals surface area contributed by atoms with Crippen LogP contribution in [0.2, 0.25) is 0 Å². The van der Waals surface area contributed by atoms with Crippen LogP contribution in [-0.4, -0.2) is 34.9 Å². The molecule has 0 unspecified atom stereocenters.